The van der Waals surface area contributed by atoms with Gasteiger partial charge in [0.2, 0.25) is 0 Å². The fourth-order valence-corrected chi connectivity index (χ4v) is 4.45. The Bertz CT molecular complexity index is 905. The van der Waals surface area contributed by atoms with Crippen LogP contribution in [0.4, 0.5) is 5.00 Å². The molecule has 0 aromatic carbocycles. The van der Waals surface area contributed by atoms with E-state index in [0.717, 1.165) is 58.0 Å². The summed E-state index contributed by atoms with van der Waals surface area (Å²) in [6.45, 7) is 7.20. The van der Waals surface area contributed by atoms with Crippen LogP contribution in [0.3, 0.4) is 0 Å². The normalized spacial score (nSPS) is 19.5. The summed E-state index contributed by atoms with van der Waals surface area (Å²) in [7, 11) is 0. The zero-order chi connectivity index (χ0) is 18.1. The molecular weight excluding hydrogens is 346 g/mol. The van der Waals surface area contributed by atoms with Gasteiger partial charge >= 0.3 is 0 Å². The third-order valence-corrected chi connectivity index (χ3v) is 6.12. The van der Waals surface area contributed by atoms with Gasteiger partial charge in [0.1, 0.15) is 10.7 Å². The molecule has 0 radical (unpaired) electrons. The van der Waals surface area contributed by atoms with Gasteiger partial charge in [-0.25, -0.2) is 4.98 Å². The molecule has 0 bridgehead atoms. The Morgan fingerprint density at radius 2 is 2.31 bits per heavy atom. The number of rotatable bonds is 4. The van der Waals surface area contributed by atoms with Crippen LogP contribution >= 0.6 is 11.3 Å². The average molecular weight is 372 g/mol. The van der Waals surface area contributed by atoms with Crippen molar-refractivity contribution in [2.24, 2.45) is 0 Å². The Morgan fingerprint density at radius 3 is 3.12 bits per heavy atom. The highest BCUT2D eigenvalue weighted by Gasteiger charge is 2.27. The Hall–Kier alpha value is -1.96. The second-order valence-corrected chi connectivity index (χ2v) is 8.10. The summed E-state index contributed by atoms with van der Waals surface area (Å²) >= 11 is 1.72. The number of aromatic nitrogens is 2. The fourth-order valence-electron chi connectivity index (χ4n) is 3.51. The molecular formula is C19H25N5OS. The van der Waals surface area contributed by atoms with Gasteiger partial charge in [-0.3, -0.25) is 4.98 Å². The molecule has 0 amide bonds. The first-order valence-electron chi connectivity index (χ1n) is 9.19. The predicted molar refractivity (Wildman–Crippen MR) is 105 cm³/mol. The summed E-state index contributed by atoms with van der Waals surface area (Å²) in [6, 6.07) is 4.33. The highest BCUT2D eigenvalue weighted by Crippen LogP contribution is 2.34. The smallest absolute Gasteiger partial charge is 0.124 e. The summed E-state index contributed by atoms with van der Waals surface area (Å²) in [4.78, 5) is 12.1. The molecule has 0 aliphatic carbocycles. The standard InChI is InChI=1S/C19H25N5OS/c1-12(2)18-23-16-17(24-8-7-20-14(11-24)5-9-25)15-13(4-3-6-21-15)10-22-19(16)26-18/h3-4,6,10,12,14,20,22,25H,5,7-9,11H2,1-2H3. The number of hydrogen-bond donors (Lipinski definition) is 3. The molecule has 1 unspecified atom stereocenters. The molecule has 0 spiro atoms. The van der Waals surface area contributed by atoms with Crippen molar-refractivity contribution in [3.8, 4) is 0 Å². The second kappa shape index (κ2) is 7.34. The largest absolute Gasteiger partial charge is 0.396 e. The van der Waals surface area contributed by atoms with E-state index in [-0.39, 0.29) is 12.6 Å². The lowest BCUT2D eigenvalue weighted by Crippen LogP contribution is -2.52. The van der Waals surface area contributed by atoms with Crippen LogP contribution in [0.5, 0.6) is 0 Å². The number of fused-ring (bicyclic) bond motifs is 2. The third kappa shape index (κ3) is 3.22. The molecule has 4 heterocycles. The zero-order valence-electron chi connectivity index (χ0n) is 15.2. The summed E-state index contributed by atoms with van der Waals surface area (Å²) < 4.78 is 0. The number of piperazine rings is 1. The Balaban J connectivity index is 1.87. The van der Waals surface area contributed by atoms with Gasteiger partial charge in [-0.2, -0.15) is 0 Å². The molecule has 2 aliphatic heterocycles. The molecule has 6 nitrogen and oxygen atoms in total. The van der Waals surface area contributed by atoms with E-state index in [1.165, 1.54) is 0 Å². The first-order valence-corrected chi connectivity index (χ1v) is 10.0. The number of pyridine rings is 1. The summed E-state index contributed by atoms with van der Waals surface area (Å²) in [5.74, 6) is 0.392. The molecule has 1 saturated heterocycles. The minimum Gasteiger partial charge on any atom is -0.396 e. The molecule has 1 atom stereocenters. The molecule has 0 saturated carbocycles. The molecule has 138 valence electrons. The van der Waals surface area contributed by atoms with Crippen LogP contribution < -0.4 is 21.2 Å². The van der Waals surface area contributed by atoms with E-state index in [1.54, 1.807) is 11.3 Å². The van der Waals surface area contributed by atoms with E-state index in [2.05, 4.69) is 35.4 Å². The molecule has 2 aromatic heterocycles. The number of aliphatic hydroxyl groups is 1. The van der Waals surface area contributed by atoms with Crippen molar-refractivity contribution in [1.29, 1.82) is 0 Å². The Labute approximate surface area is 157 Å². The van der Waals surface area contributed by atoms with Gasteiger partial charge in [0.05, 0.1) is 16.1 Å². The number of nitrogens with zero attached hydrogens (tertiary/aromatic N) is 3. The SMILES string of the molecule is CC(C)c1nc2c(s1)NC=c1cccnc1=C2N1CCNC(CCO)C1. The van der Waals surface area contributed by atoms with E-state index in [0.29, 0.717) is 5.92 Å². The highest BCUT2D eigenvalue weighted by molar-refractivity contribution is 7.16. The number of hydrogen-bond acceptors (Lipinski definition) is 7. The minimum atomic E-state index is 0.199. The third-order valence-electron chi connectivity index (χ3n) is 4.83. The van der Waals surface area contributed by atoms with Crippen molar-refractivity contribution in [2.45, 2.75) is 32.2 Å². The zero-order valence-corrected chi connectivity index (χ0v) is 16.0. The van der Waals surface area contributed by atoms with Gasteiger partial charge in [0, 0.05) is 55.8 Å². The first kappa shape index (κ1) is 17.5. The van der Waals surface area contributed by atoms with E-state index in [4.69, 9.17) is 9.97 Å². The molecule has 1 fully saturated rings. The van der Waals surface area contributed by atoms with E-state index in [9.17, 15) is 5.11 Å². The van der Waals surface area contributed by atoms with Crippen molar-refractivity contribution in [2.75, 3.05) is 31.6 Å². The number of anilines is 1. The van der Waals surface area contributed by atoms with Crippen LogP contribution in [0.1, 0.15) is 36.9 Å². The van der Waals surface area contributed by atoms with Crippen molar-refractivity contribution < 1.29 is 5.11 Å². The number of thiazole rings is 1. The second-order valence-electron chi connectivity index (χ2n) is 7.07. The first-order chi connectivity index (χ1) is 12.7. The van der Waals surface area contributed by atoms with Gasteiger partial charge in [0.25, 0.3) is 0 Å². The van der Waals surface area contributed by atoms with Crippen LogP contribution in [-0.4, -0.2) is 52.3 Å². The lowest BCUT2D eigenvalue weighted by atomic mass is 10.1. The van der Waals surface area contributed by atoms with Gasteiger partial charge in [-0.05, 0) is 18.6 Å². The number of aliphatic hydroxyl groups excluding tert-OH is 1. The maximum absolute atomic E-state index is 9.34. The molecule has 26 heavy (non-hydrogen) atoms. The topological polar surface area (TPSA) is 73.3 Å². The van der Waals surface area contributed by atoms with Gasteiger partial charge in [0.15, 0.2) is 0 Å². The maximum atomic E-state index is 9.34. The van der Waals surface area contributed by atoms with Gasteiger partial charge in [-0.1, -0.05) is 13.8 Å². The molecule has 3 N–H and O–H groups in total. The van der Waals surface area contributed by atoms with Crippen molar-refractivity contribution in [3.05, 3.63) is 39.6 Å². The van der Waals surface area contributed by atoms with Crippen molar-refractivity contribution in [3.63, 3.8) is 0 Å². The fraction of sp³-hybridized carbons (Fsp3) is 0.474. The van der Waals surface area contributed by atoms with E-state index < -0.39 is 0 Å². The maximum Gasteiger partial charge on any atom is 0.124 e. The lowest BCUT2D eigenvalue weighted by Gasteiger charge is -2.36. The minimum absolute atomic E-state index is 0.199. The molecule has 2 aromatic rings. The van der Waals surface area contributed by atoms with Crippen molar-refractivity contribution >= 4 is 28.2 Å². The molecule has 2 aliphatic rings. The molecule has 7 heteroatoms. The Kier molecular flexibility index (Phi) is 4.93. The summed E-state index contributed by atoms with van der Waals surface area (Å²) in [6.07, 6.45) is 4.63. The number of nitrogens with one attached hydrogen (secondary N) is 2. The van der Waals surface area contributed by atoms with Crippen LogP contribution in [0.15, 0.2) is 18.3 Å². The summed E-state index contributed by atoms with van der Waals surface area (Å²) in [5.41, 5.74) is 2.10. The van der Waals surface area contributed by atoms with Crippen LogP contribution in [0, 0.1) is 0 Å². The van der Waals surface area contributed by atoms with E-state index >= 15 is 0 Å². The van der Waals surface area contributed by atoms with Crippen molar-refractivity contribution in [1.82, 2.24) is 20.2 Å². The average Bonchev–Trinajstić information content (AvgIpc) is 3.00. The van der Waals surface area contributed by atoms with Crippen LogP contribution in [0.25, 0.3) is 11.9 Å². The van der Waals surface area contributed by atoms with Crippen LogP contribution in [-0.2, 0) is 0 Å². The highest BCUT2D eigenvalue weighted by atomic mass is 32.1. The molecule has 4 rings (SSSR count). The quantitative estimate of drug-likeness (QED) is 0.733. The Morgan fingerprint density at radius 1 is 1.42 bits per heavy atom. The predicted octanol–water partition coefficient (Wildman–Crippen LogP) is 0.638. The lowest BCUT2D eigenvalue weighted by molar-refractivity contribution is 0.217. The van der Waals surface area contributed by atoms with Gasteiger partial charge < -0.3 is 20.6 Å². The van der Waals surface area contributed by atoms with Gasteiger partial charge in [-0.15, -0.1) is 11.3 Å². The summed E-state index contributed by atoms with van der Waals surface area (Å²) in [5, 5.41) is 20.6. The van der Waals surface area contributed by atoms with E-state index in [1.807, 2.05) is 18.5 Å². The van der Waals surface area contributed by atoms with Crippen LogP contribution in [0.2, 0.25) is 0 Å². The monoisotopic (exact) mass is 371 g/mol.